The lowest BCUT2D eigenvalue weighted by atomic mass is 9.93. The summed E-state index contributed by atoms with van der Waals surface area (Å²) in [5, 5.41) is 3.80. The van der Waals surface area contributed by atoms with Gasteiger partial charge in [0.05, 0.1) is 3.79 Å². The average molecular weight is 415 g/mol. The van der Waals surface area contributed by atoms with E-state index in [1.54, 1.807) is 4.88 Å². The normalized spacial score (nSPS) is 19.6. The third-order valence-corrected chi connectivity index (χ3v) is 6.09. The SMILES string of the molecule is CC(NC1CCCc2sc(Br)cc21)c1cccc(Br)c1. The van der Waals surface area contributed by atoms with E-state index in [4.69, 9.17) is 0 Å². The van der Waals surface area contributed by atoms with Gasteiger partial charge in [0.1, 0.15) is 0 Å². The molecule has 4 heteroatoms. The summed E-state index contributed by atoms with van der Waals surface area (Å²) in [6.07, 6.45) is 3.74. The van der Waals surface area contributed by atoms with Crippen molar-refractivity contribution in [1.82, 2.24) is 5.32 Å². The third kappa shape index (κ3) is 3.19. The fraction of sp³-hybridized carbons (Fsp3) is 0.375. The fourth-order valence-electron chi connectivity index (χ4n) is 2.87. The van der Waals surface area contributed by atoms with Crippen molar-refractivity contribution in [2.45, 2.75) is 38.3 Å². The Hall–Kier alpha value is -0.160. The number of halogens is 2. The van der Waals surface area contributed by atoms with Crippen molar-refractivity contribution in [3.63, 3.8) is 0 Å². The Morgan fingerprint density at radius 3 is 2.95 bits per heavy atom. The van der Waals surface area contributed by atoms with Crippen LogP contribution < -0.4 is 5.32 Å². The molecule has 1 aromatic heterocycles. The third-order valence-electron chi connectivity index (χ3n) is 3.88. The van der Waals surface area contributed by atoms with Crippen LogP contribution in [0.5, 0.6) is 0 Å². The molecule has 1 heterocycles. The fourth-order valence-corrected chi connectivity index (χ4v) is 5.10. The van der Waals surface area contributed by atoms with E-state index in [0.717, 1.165) is 4.47 Å². The van der Waals surface area contributed by atoms with Gasteiger partial charge in [-0.2, -0.15) is 0 Å². The number of aryl methyl sites for hydroxylation is 1. The largest absolute Gasteiger partial charge is 0.303 e. The molecule has 0 aliphatic heterocycles. The maximum absolute atomic E-state index is 3.80. The quantitative estimate of drug-likeness (QED) is 0.649. The Morgan fingerprint density at radius 1 is 1.30 bits per heavy atom. The van der Waals surface area contributed by atoms with Crippen LogP contribution in [-0.2, 0) is 6.42 Å². The number of thiophene rings is 1. The summed E-state index contributed by atoms with van der Waals surface area (Å²) in [6, 6.07) is 11.7. The Bertz CT molecular complexity index is 608. The molecule has 3 rings (SSSR count). The summed E-state index contributed by atoms with van der Waals surface area (Å²) >= 11 is 9.07. The van der Waals surface area contributed by atoms with Crippen LogP contribution in [-0.4, -0.2) is 0 Å². The van der Waals surface area contributed by atoms with Gasteiger partial charge < -0.3 is 5.32 Å². The summed E-state index contributed by atoms with van der Waals surface area (Å²) in [4.78, 5) is 1.54. The number of hydrogen-bond acceptors (Lipinski definition) is 2. The Kier molecular flexibility index (Phi) is 4.65. The molecule has 0 saturated heterocycles. The van der Waals surface area contributed by atoms with Crippen LogP contribution in [0.1, 0.15) is 47.9 Å². The summed E-state index contributed by atoms with van der Waals surface area (Å²) < 4.78 is 2.40. The molecular formula is C16H17Br2NS. The van der Waals surface area contributed by atoms with Crippen LogP contribution in [0.2, 0.25) is 0 Å². The van der Waals surface area contributed by atoms with E-state index in [2.05, 4.69) is 74.4 Å². The van der Waals surface area contributed by atoms with Crippen LogP contribution in [0.15, 0.2) is 38.6 Å². The second kappa shape index (κ2) is 6.30. The van der Waals surface area contributed by atoms with Crippen LogP contribution in [0.4, 0.5) is 0 Å². The smallest absolute Gasteiger partial charge is 0.0704 e. The van der Waals surface area contributed by atoms with Gasteiger partial charge >= 0.3 is 0 Å². The summed E-state index contributed by atoms with van der Waals surface area (Å²) in [7, 11) is 0. The lowest BCUT2D eigenvalue weighted by Gasteiger charge is -2.27. The van der Waals surface area contributed by atoms with Crippen molar-refractivity contribution < 1.29 is 0 Å². The summed E-state index contributed by atoms with van der Waals surface area (Å²) in [5.74, 6) is 0. The van der Waals surface area contributed by atoms with Gasteiger partial charge in [0, 0.05) is 21.4 Å². The van der Waals surface area contributed by atoms with E-state index in [9.17, 15) is 0 Å². The number of rotatable bonds is 3. The van der Waals surface area contributed by atoms with Gasteiger partial charge in [-0.1, -0.05) is 28.1 Å². The van der Waals surface area contributed by atoms with Crippen LogP contribution >= 0.6 is 43.2 Å². The number of fused-ring (bicyclic) bond motifs is 1. The maximum Gasteiger partial charge on any atom is 0.0704 e. The number of benzene rings is 1. The monoisotopic (exact) mass is 413 g/mol. The van der Waals surface area contributed by atoms with Crippen molar-refractivity contribution in [2.75, 3.05) is 0 Å². The molecule has 0 spiro atoms. The summed E-state index contributed by atoms with van der Waals surface area (Å²) in [6.45, 7) is 2.25. The number of nitrogens with one attached hydrogen (secondary N) is 1. The molecule has 0 radical (unpaired) electrons. The highest BCUT2D eigenvalue weighted by Crippen LogP contribution is 2.39. The highest BCUT2D eigenvalue weighted by molar-refractivity contribution is 9.11. The van der Waals surface area contributed by atoms with Crippen LogP contribution in [0, 0.1) is 0 Å². The minimum absolute atomic E-state index is 0.363. The Morgan fingerprint density at radius 2 is 2.15 bits per heavy atom. The Labute approximate surface area is 141 Å². The lowest BCUT2D eigenvalue weighted by Crippen LogP contribution is -2.27. The molecule has 0 fully saturated rings. The highest BCUT2D eigenvalue weighted by atomic mass is 79.9. The van der Waals surface area contributed by atoms with Gasteiger partial charge in [-0.25, -0.2) is 0 Å². The van der Waals surface area contributed by atoms with E-state index in [1.807, 2.05) is 11.3 Å². The first-order valence-corrected chi connectivity index (χ1v) is 9.33. The molecule has 0 amide bonds. The van der Waals surface area contributed by atoms with Crippen LogP contribution in [0.25, 0.3) is 0 Å². The standard InChI is InChI=1S/C16H17Br2NS/c1-10(11-4-2-5-12(17)8-11)19-14-6-3-7-15-13(14)9-16(18)20-15/h2,4-5,8-10,14,19H,3,6-7H2,1H3. The van der Waals surface area contributed by atoms with Gasteiger partial charge in [-0.15, -0.1) is 11.3 Å². The predicted octanol–water partition coefficient (Wildman–Crippen LogP) is 6.00. The molecule has 1 N–H and O–H groups in total. The molecule has 1 nitrogen and oxygen atoms in total. The molecule has 0 bridgehead atoms. The molecule has 2 atom stereocenters. The molecule has 1 aromatic carbocycles. The van der Waals surface area contributed by atoms with Crippen molar-refractivity contribution >= 4 is 43.2 Å². The van der Waals surface area contributed by atoms with Gasteiger partial charge in [-0.3, -0.25) is 0 Å². The van der Waals surface area contributed by atoms with Gasteiger partial charge in [-0.05, 0) is 71.4 Å². The molecular weight excluding hydrogens is 398 g/mol. The van der Waals surface area contributed by atoms with Gasteiger partial charge in [0.2, 0.25) is 0 Å². The van der Waals surface area contributed by atoms with Gasteiger partial charge in [0.15, 0.2) is 0 Å². The first kappa shape index (κ1) is 14.8. The second-order valence-corrected chi connectivity index (χ2v) is 8.75. The highest BCUT2D eigenvalue weighted by Gasteiger charge is 2.24. The van der Waals surface area contributed by atoms with Crippen LogP contribution in [0.3, 0.4) is 0 Å². The van der Waals surface area contributed by atoms with Crippen molar-refractivity contribution in [3.8, 4) is 0 Å². The minimum Gasteiger partial charge on any atom is -0.303 e. The Balaban J connectivity index is 1.78. The van der Waals surface area contributed by atoms with E-state index in [0.29, 0.717) is 12.1 Å². The zero-order valence-electron chi connectivity index (χ0n) is 11.3. The van der Waals surface area contributed by atoms with E-state index in [1.165, 1.54) is 34.2 Å². The van der Waals surface area contributed by atoms with E-state index >= 15 is 0 Å². The molecule has 0 saturated carbocycles. The van der Waals surface area contributed by atoms with Crippen molar-refractivity contribution in [1.29, 1.82) is 0 Å². The van der Waals surface area contributed by atoms with Gasteiger partial charge in [0.25, 0.3) is 0 Å². The first-order valence-electron chi connectivity index (χ1n) is 6.93. The van der Waals surface area contributed by atoms with Crippen molar-refractivity contribution in [3.05, 3.63) is 54.6 Å². The van der Waals surface area contributed by atoms with Crippen molar-refractivity contribution in [2.24, 2.45) is 0 Å². The first-order chi connectivity index (χ1) is 9.63. The number of hydrogen-bond donors (Lipinski definition) is 1. The predicted molar refractivity (Wildman–Crippen MR) is 93.4 cm³/mol. The molecule has 106 valence electrons. The molecule has 20 heavy (non-hydrogen) atoms. The maximum atomic E-state index is 3.80. The molecule has 1 aliphatic rings. The average Bonchev–Trinajstić information content (AvgIpc) is 2.80. The zero-order valence-corrected chi connectivity index (χ0v) is 15.3. The lowest BCUT2D eigenvalue weighted by molar-refractivity contribution is 0.418. The molecule has 1 aliphatic carbocycles. The summed E-state index contributed by atoms with van der Waals surface area (Å²) in [5.41, 5.74) is 2.83. The molecule has 2 unspecified atom stereocenters. The topological polar surface area (TPSA) is 12.0 Å². The molecule has 2 aromatic rings. The van der Waals surface area contributed by atoms with E-state index < -0.39 is 0 Å². The second-order valence-electron chi connectivity index (χ2n) is 5.32. The van der Waals surface area contributed by atoms with E-state index in [-0.39, 0.29) is 0 Å². The zero-order chi connectivity index (χ0) is 14.1. The minimum atomic E-state index is 0.363.